The van der Waals surface area contributed by atoms with Crippen LogP contribution in [0.5, 0.6) is 0 Å². The number of benzene rings is 1. The number of nitrogens with zero attached hydrogens (tertiary/aromatic N) is 1. The van der Waals surface area contributed by atoms with Crippen LogP contribution in [0, 0.1) is 0 Å². The smallest absolute Gasteiger partial charge is 0.335 e. The molecule has 0 saturated carbocycles. The number of aromatic carboxylic acids is 1. The third-order valence-corrected chi connectivity index (χ3v) is 2.87. The van der Waals surface area contributed by atoms with Crippen molar-refractivity contribution in [2.45, 2.75) is 19.9 Å². The highest BCUT2D eigenvalue weighted by atomic mass is 16.4. The van der Waals surface area contributed by atoms with Gasteiger partial charge in [0.15, 0.2) is 0 Å². The Hall–Kier alpha value is -2.08. The number of nitrogens with one attached hydrogen (secondary N) is 1. The number of rotatable bonds is 7. The molecule has 1 rings (SSSR count). The molecular weight excluding hydrogens is 260 g/mol. The first-order valence-corrected chi connectivity index (χ1v) is 6.54. The maximum absolute atomic E-state index is 11.9. The van der Waals surface area contributed by atoms with Gasteiger partial charge in [-0.3, -0.25) is 0 Å². The van der Waals surface area contributed by atoms with Crippen molar-refractivity contribution in [1.29, 1.82) is 0 Å². The van der Waals surface area contributed by atoms with Crippen LogP contribution in [0.3, 0.4) is 0 Å². The summed E-state index contributed by atoms with van der Waals surface area (Å²) in [6, 6.07) is 6.23. The third kappa shape index (κ3) is 4.89. The van der Waals surface area contributed by atoms with Crippen molar-refractivity contribution in [2.24, 2.45) is 0 Å². The van der Waals surface area contributed by atoms with Crippen LogP contribution in [0.15, 0.2) is 24.3 Å². The van der Waals surface area contributed by atoms with Gasteiger partial charge in [0.2, 0.25) is 0 Å². The summed E-state index contributed by atoms with van der Waals surface area (Å²) in [6.07, 6.45) is 0.537. The van der Waals surface area contributed by atoms with Gasteiger partial charge in [0.25, 0.3) is 0 Å². The second kappa shape index (κ2) is 8.16. The van der Waals surface area contributed by atoms with Crippen LogP contribution in [0.2, 0.25) is 0 Å². The molecule has 0 saturated heterocycles. The number of amides is 2. The van der Waals surface area contributed by atoms with Gasteiger partial charge < -0.3 is 20.4 Å². The molecule has 0 fully saturated rings. The highest BCUT2D eigenvalue weighted by Crippen LogP contribution is 2.05. The highest BCUT2D eigenvalue weighted by Gasteiger charge is 2.10. The summed E-state index contributed by atoms with van der Waals surface area (Å²) < 4.78 is 0. The SMILES string of the molecule is CCN(CCCO)C(=O)NCc1cccc(C(=O)O)c1. The van der Waals surface area contributed by atoms with E-state index in [1.54, 1.807) is 17.0 Å². The topological polar surface area (TPSA) is 89.9 Å². The summed E-state index contributed by atoms with van der Waals surface area (Å²) >= 11 is 0. The quantitative estimate of drug-likeness (QED) is 0.702. The molecule has 0 atom stereocenters. The fraction of sp³-hybridized carbons (Fsp3) is 0.429. The van der Waals surface area contributed by atoms with E-state index in [1.165, 1.54) is 12.1 Å². The standard InChI is InChI=1S/C14H20N2O4/c1-2-16(7-4-8-17)14(20)15-10-11-5-3-6-12(9-11)13(18)19/h3,5-6,9,17H,2,4,7-8,10H2,1H3,(H,15,20)(H,18,19). The van der Waals surface area contributed by atoms with Crippen LogP contribution in [0.1, 0.15) is 29.3 Å². The lowest BCUT2D eigenvalue weighted by Crippen LogP contribution is -2.40. The Morgan fingerprint density at radius 2 is 2.10 bits per heavy atom. The molecule has 110 valence electrons. The molecule has 0 aliphatic carbocycles. The number of carboxylic acid groups (broad SMARTS) is 1. The molecule has 0 unspecified atom stereocenters. The van der Waals surface area contributed by atoms with Crippen LogP contribution in [0.4, 0.5) is 4.79 Å². The Bertz CT molecular complexity index is 462. The molecule has 6 nitrogen and oxygen atoms in total. The van der Waals surface area contributed by atoms with Crippen LogP contribution in [-0.2, 0) is 6.54 Å². The molecule has 1 aromatic rings. The number of aliphatic hydroxyl groups is 1. The predicted molar refractivity (Wildman–Crippen MR) is 74.6 cm³/mol. The summed E-state index contributed by atoms with van der Waals surface area (Å²) in [5, 5.41) is 20.4. The predicted octanol–water partition coefficient (Wildman–Crippen LogP) is 1.30. The van der Waals surface area contributed by atoms with Crippen molar-refractivity contribution in [3.8, 4) is 0 Å². The Labute approximate surface area is 118 Å². The molecule has 0 radical (unpaired) electrons. The zero-order chi connectivity index (χ0) is 15.0. The Morgan fingerprint density at radius 1 is 1.35 bits per heavy atom. The van der Waals surface area contributed by atoms with Crippen molar-refractivity contribution in [1.82, 2.24) is 10.2 Å². The lowest BCUT2D eigenvalue weighted by molar-refractivity contribution is 0.0696. The van der Waals surface area contributed by atoms with Crippen molar-refractivity contribution in [2.75, 3.05) is 19.7 Å². The average molecular weight is 280 g/mol. The van der Waals surface area contributed by atoms with E-state index in [4.69, 9.17) is 10.2 Å². The first kappa shape index (κ1) is 16.0. The molecular formula is C14H20N2O4. The highest BCUT2D eigenvalue weighted by molar-refractivity contribution is 5.87. The first-order valence-electron chi connectivity index (χ1n) is 6.54. The summed E-state index contributed by atoms with van der Waals surface area (Å²) in [7, 11) is 0. The fourth-order valence-electron chi connectivity index (χ4n) is 1.77. The van der Waals surface area contributed by atoms with Gasteiger partial charge >= 0.3 is 12.0 Å². The van der Waals surface area contributed by atoms with Gasteiger partial charge in [-0.25, -0.2) is 9.59 Å². The largest absolute Gasteiger partial charge is 0.478 e. The van der Waals surface area contributed by atoms with Gasteiger partial charge in [-0.2, -0.15) is 0 Å². The molecule has 3 N–H and O–H groups in total. The molecule has 6 heteroatoms. The van der Waals surface area contributed by atoms with E-state index < -0.39 is 5.97 Å². The van der Waals surface area contributed by atoms with Crippen LogP contribution >= 0.6 is 0 Å². The maximum Gasteiger partial charge on any atom is 0.335 e. The summed E-state index contributed by atoms with van der Waals surface area (Å²) in [5.74, 6) is -0.990. The molecule has 0 aliphatic heterocycles. The van der Waals surface area contributed by atoms with E-state index in [-0.39, 0.29) is 24.7 Å². The fourth-order valence-corrected chi connectivity index (χ4v) is 1.77. The molecule has 1 aromatic carbocycles. The molecule has 0 heterocycles. The number of carbonyl (C=O) groups is 2. The molecule has 0 aromatic heterocycles. The number of carbonyl (C=O) groups excluding carboxylic acids is 1. The lowest BCUT2D eigenvalue weighted by Gasteiger charge is -2.21. The van der Waals surface area contributed by atoms with Crippen LogP contribution in [0.25, 0.3) is 0 Å². The Kier molecular flexibility index (Phi) is 6.52. The number of carboxylic acids is 1. The average Bonchev–Trinajstić information content (AvgIpc) is 2.46. The third-order valence-electron chi connectivity index (χ3n) is 2.87. The molecule has 0 aliphatic rings. The van der Waals surface area contributed by atoms with E-state index in [0.717, 1.165) is 5.56 Å². The normalized spacial score (nSPS) is 10.1. The second-order valence-electron chi connectivity index (χ2n) is 4.32. The molecule has 0 bridgehead atoms. The zero-order valence-corrected chi connectivity index (χ0v) is 11.5. The van der Waals surface area contributed by atoms with E-state index >= 15 is 0 Å². The Morgan fingerprint density at radius 3 is 2.70 bits per heavy atom. The summed E-state index contributed by atoms with van der Waals surface area (Å²) in [4.78, 5) is 24.3. The zero-order valence-electron chi connectivity index (χ0n) is 11.5. The van der Waals surface area contributed by atoms with E-state index in [0.29, 0.717) is 19.5 Å². The number of hydrogen-bond acceptors (Lipinski definition) is 3. The van der Waals surface area contributed by atoms with Crippen molar-refractivity contribution in [3.63, 3.8) is 0 Å². The lowest BCUT2D eigenvalue weighted by atomic mass is 10.1. The van der Waals surface area contributed by atoms with E-state index in [1.807, 2.05) is 6.92 Å². The second-order valence-corrected chi connectivity index (χ2v) is 4.32. The summed E-state index contributed by atoms with van der Waals surface area (Å²) in [6.45, 7) is 3.23. The Balaban J connectivity index is 2.55. The number of aliphatic hydroxyl groups excluding tert-OH is 1. The minimum atomic E-state index is -0.990. The van der Waals surface area contributed by atoms with Gasteiger partial charge in [-0.05, 0) is 31.0 Å². The van der Waals surface area contributed by atoms with Crippen LogP contribution in [-0.4, -0.2) is 46.8 Å². The van der Waals surface area contributed by atoms with Crippen molar-refractivity contribution < 1.29 is 19.8 Å². The van der Waals surface area contributed by atoms with Gasteiger partial charge in [0.1, 0.15) is 0 Å². The monoisotopic (exact) mass is 280 g/mol. The molecule has 20 heavy (non-hydrogen) atoms. The molecule has 0 spiro atoms. The van der Waals surface area contributed by atoms with Crippen molar-refractivity contribution in [3.05, 3.63) is 35.4 Å². The number of hydrogen-bond donors (Lipinski definition) is 3. The minimum Gasteiger partial charge on any atom is -0.478 e. The van der Waals surface area contributed by atoms with Gasteiger partial charge in [-0.1, -0.05) is 12.1 Å². The number of urea groups is 1. The van der Waals surface area contributed by atoms with Crippen molar-refractivity contribution >= 4 is 12.0 Å². The minimum absolute atomic E-state index is 0.0461. The van der Waals surface area contributed by atoms with E-state index in [9.17, 15) is 9.59 Å². The van der Waals surface area contributed by atoms with E-state index in [2.05, 4.69) is 5.32 Å². The van der Waals surface area contributed by atoms with Gasteiger partial charge in [-0.15, -0.1) is 0 Å². The van der Waals surface area contributed by atoms with Gasteiger partial charge in [0.05, 0.1) is 5.56 Å². The summed E-state index contributed by atoms with van der Waals surface area (Å²) in [5.41, 5.74) is 0.931. The maximum atomic E-state index is 11.9. The van der Waals surface area contributed by atoms with Gasteiger partial charge in [0, 0.05) is 26.2 Å². The molecule has 2 amide bonds. The first-order chi connectivity index (χ1) is 9.58. The van der Waals surface area contributed by atoms with Crippen LogP contribution < -0.4 is 5.32 Å².